The van der Waals surface area contributed by atoms with Crippen LogP contribution < -0.4 is 5.32 Å². The second-order valence-electron chi connectivity index (χ2n) is 4.94. The van der Waals surface area contributed by atoms with E-state index in [1.165, 1.54) is 17.6 Å². The maximum atomic E-state index is 12.7. The van der Waals surface area contributed by atoms with Gasteiger partial charge in [0.15, 0.2) is 0 Å². The lowest BCUT2D eigenvalue weighted by molar-refractivity contribution is -0.131. The zero-order chi connectivity index (χ0) is 16.1. The van der Waals surface area contributed by atoms with Crippen molar-refractivity contribution >= 4 is 29.2 Å². The van der Waals surface area contributed by atoms with Crippen molar-refractivity contribution in [2.45, 2.75) is 0 Å². The van der Waals surface area contributed by atoms with Crippen LogP contribution >= 0.6 is 11.3 Å². The van der Waals surface area contributed by atoms with Gasteiger partial charge in [-0.15, -0.1) is 0 Å². The Kier molecular flexibility index (Phi) is 4.89. The number of nitrogens with one attached hydrogen (secondary N) is 1. The molecule has 0 bridgehead atoms. The van der Waals surface area contributed by atoms with Gasteiger partial charge in [-0.1, -0.05) is 0 Å². The van der Waals surface area contributed by atoms with E-state index in [4.69, 9.17) is 9.15 Å². The third kappa shape index (κ3) is 3.88. The van der Waals surface area contributed by atoms with E-state index in [0.717, 1.165) is 0 Å². The van der Waals surface area contributed by atoms with Crippen molar-refractivity contribution in [3.63, 3.8) is 0 Å². The minimum absolute atomic E-state index is 0.193. The van der Waals surface area contributed by atoms with Crippen molar-refractivity contribution in [2.75, 3.05) is 26.3 Å². The van der Waals surface area contributed by atoms with Gasteiger partial charge < -0.3 is 19.4 Å². The number of hydrogen-bond donors (Lipinski definition) is 1. The van der Waals surface area contributed by atoms with Gasteiger partial charge in [-0.2, -0.15) is 11.3 Å². The molecule has 120 valence electrons. The molecule has 0 radical (unpaired) electrons. The monoisotopic (exact) mass is 332 g/mol. The molecule has 0 aliphatic carbocycles. The Morgan fingerprint density at radius 2 is 2.09 bits per heavy atom. The highest BCUT2D eigenvalue weighted by molar-refractivity contribution is 7.08. The summed E-state index contributed by atoms with van der Waals surface area (Å²) in [5.41, 5.74) is 0.716. The lowest BCUT2D eigenvalue weighted by Crippen LogP contribution is -2.44. The van der Waals surface area contributed by atoms with Crippen LogP contribution in [0.3, 0.4) is 0 Å². The predicted molar refractivity (Wildman–Crippen MR) is 85.9 cm³/mol. The number of thiophene rings is 1. The molecule has 23 heavy (non-hydrogen) atoms. The van der Waals surface area contributed by atoms with Gasteiger partial charge in [0.2, 0.25) is 0 Å². The summed E-state index contributed by atoms with van der Waals surface area (Å²) < 4.78 is 10.5. The number of hydrogen-bond acceptors (Lipinski definition) is 5. The number of rotatable bonds is 4. The molecule has 7 heteroatoms. The molecule has 2 aromatic rings. The number of morpholine rings is 1. The Hall–Kier alpha value is -2.38. The van der Waals surface area contributed by atoms with E-state index in [1.54, 1.807) is 34.6 Å². The molecule has 3 rings (SSSR count). The zero-order valence-electron chi connectivity index (χ0n) is 12.4. The fraction of sp³-hybridized carbons (Fsp3) is 0.250. The molecule has 2 amide bonds. The Labute approximate surface area is 137 Å². The van der Waals surface area contributed by atoms with Crippen LogP contribution in [0.5, 0.6) is 0 Å². The average Bonchev–Trinajstić information content (AvgIpc) is 3.28. The highest BCUT2D eigenvalue weighted by Crippen LogP contribution is 2.12. The Balaban J connectivity index is 1.81. The van der Waals surface area contributed by atoms with E-state index < -0.39 is 0 Å². The van der Waals surface area contributed by atoms with Crippen molar-refractivity contribution < 1.29 is 18.7 Å². The van der Waals surface area contributed by atoms with Crippen LogP contribution in [-0.2, 0) is 9.53 Å². The van der Waals surface area contributed by atoms with Gasteiger partial charge in [0.05, 0.1) is 25.0 Å². The van der Waals surface area contributed by atoms with Crippen LogP contribution in [0.25, 0.3) is 6.08 Å². The molecule has 0 atom stereocenters. The second-order valence-corrected chi connectivity index (χ2v) is 5.72. The maximum Gasteiger partial charge on any atom is 0.270 e. The van der Waals surface area contributed by atoms with Gasteiger partial charge in [0.1, 0.15) is 11.5 Å². The molecular weight excluding hydrogens is 316 g/mol. The maximum absolute atomic E-state index is 12.7. The standard InChI is InChI=1S/C16H16N2O4S/c19-15(12-3-9-23-11-12)17-14(10-13-2-1-6-22-13)16(20)18-4-7-21-8-5-18/h1-3,6,9-11H,4-5,7-8H2,(H,17,19). The molecular formula is C16H16N2O4S. The second kappa shape index (κ2) is 7.26. The molecule has 1 saturated heterocycles. The first kappa shape index (κ1) is 15.5. The fourth-order valence-corrected chi connectivity index (χ4v) is 2.83. The van der Waals surface area contributed by atoms with Gasteiger partial charge in [-0.3, -0.25) is 9.59 Å². The topological polar surface area (TPSA) is 71.8 Å². The normalized spacial score (nSPS) is 15.5. The molecule has 0 aromatic carbocycles. The van der Waals surface area contributed by atoms with Gasteiger partial charge in [0, 0.05) is 24.5 Å². The van der Waals surface area contributed by atoms with Crippen LogP contribution in [0.1, 0.15) is 16.1 Å². The average molecular weight is 332 g/mol. The molecule has 1 aliphatic heterocycles. The summed E-state index contributed by atoms with van der Waals surface area (Å²) in [5, 5.41) is 6.24. The molecule has 1 N–H and O–H groups in total. The minimum Gasteiger partial charge on any atom is -0.465 e. The zero-order valence-corrected chi connectivity index (χ0v) is 13.2. The van der Waals surface area contributed by atoms with Gasteiger partial charge in [0.25, 0.3) is 11.8 Å². The summed E-state index contributed by atoms with van der Waals surface area (Å²) in [6, 6.07) is 5.16. The van der Waals surface area contributed by atoms with Gasteiger partial charge in [-0.25, -0.2) is 0 Å². The number of carbonyl (C=O) groups excluding carboxylic acids is 2. The summed E-state index contributed by atoms with van der Waals surface area (Å²) in [4.78, 5) is 26.6. The molecule has 2 aromatic heterocycles. The highest BCUT2D eigenvalue weighted by Gasteiger charge is 2.23. The first-order valence-electron chi connectivity index (χ1n) is 7.20. The van der Waals surface area contributed by atoms with Crippen LogP contribution in [-0.4, -0.2) is 43.0 Å². The van der Waals surface area contributed by atoms with Crippen LogP contribution in [0.2, 0.25) is 0 Å². The molecule has 1 fully saturated rings. The number of nitrogens with zero attached hydrogens (tertiary/aromatic N) is 1. The molecule has 0 saturated carbocycles. The predicted octanol–water partition coefficient (Wildman–Crippen LogP) is 1.97. The summed E-state index contributed by atoms with van der Waals surface area (Å²) in [6.07, 6.45) is 3.06. The van der Waals surface area contributed by atoms with Crippen LogP contribution in [0.4, 0.5) is 0 Å². The van der Waals surface area contributed by atoms with Crippen molar-refractivity contribution in [3.8, 4) is 0 Å². The third-order valence-corrected chi connectivity index (χ3v) is 4.07. The lowest BCUT2D eigenvalue weighted by Gasteiger charge is -2.27. The van der Waals surface area contributed by atoms with Crippen molar-refractivity contribution in [2.24, 2.45) is 0 Å². The van der Waals surface area contributed by atoms with Crippen molar-refractivity contribution in [3.05, 3.63) is 52.2 Å². The fourth-order valence-electron chi connectivity index (χ4n) is 2.19. The quantitative estimate of drug-likeness (QED) is 0.869. The molecule has 3 heterocycles. The van der Waals surface area contributed by atoms with Crippen LogP contribution in [0, 0.1) is 0 Å². The summed E-state index contributed by atoms with van der Waals surface area (Å²) in [7, 11) is 0. The van der Waals surface area contributed by atoms with E-state index in [1.807, 2.05) is 5.38 Å². The van der Waals surface area contributed by atoms with E-state index in [2.05, 4.69) is 5.32 Å². The highest BCUT2D eigenvalue weighted by atomic mass is 32.1. The van der Waals surface area contributed by atoms with E-state index >= 15 is 0 Å². The number of amides is 2. The Morgan fingerprint density at radius 3 is 2.74 bits per heavy atom. The number of ether oxygens (including phenoxy) is 1. The first-order chi connectivity index (χ1) is 11.2. The molecule has 0 unspecified atom stereocenters. The first-order valence-corrected chi connectivity index (χ1v) is 8.14. The lowest BCUT2D eigenvalue weighted by atomic mass is 10.2. The van der Waals surface area contributed by atoms with Crippen molar-refractivity contribution in [1.29, 1.82) is 0 Å². The minimum atomic E-state index is -0.314. The molecule has 0 spiro atoms. The number of carbonyl (C=O) groups is 2. The Bertz CT molecular complexity index is 686. The summed E-state index contributed by atoms with van der Waals surface area (Å²) in [5.74, 6) is -0.0498. The van der Waals surface area contributed by atoms with E-state index in [-0.39, 0.29) is 17.5 Å². The van der Waals surface area contributed by atoms with Gasteiger partial charge in [-0.05, 0) is 23.6 Å². The third-order valence-electron chi connectivity index (χ3n) is 3.39. The Morgan fingerprint density at radius 1 is 1.26 bits per heavy atom. The summed E-state index contributed by atoms with van der Waals surface area (Å²) in [6.45, 7) is 2.00. The smallest absolute Gasteiger partial charge is 0.270 e. The van der Waals surface area contributed by atoms with E-state index in [9.17, 15) is 9.59 Å². The van der Waals surface area contributed by atoms with Crippen LogP contribution in [0.15, 0.2) is 45.3 Å². The SMILES string of the molecule is O=C(NC(=Cc1ccco1)C(=O)N1CCOCC1)c1ccsc1. The van der Waals surface area contributed by atoms with Crippen molar-refractivity contribution in [1.82, 2.24) is 10.2 Å². The molecule has 6 nitrogen and oxygen atoms in total. The van der Waals surface area contributed by atoms with Gasteiger partial charge >= 0.3 is 0 Å². The number of furan rings is 1. The molecule has 1 aliphatic rings. The van der Waals surface area contributed by atoms with E-state index in [0.29, 0.717) is 37.6 Å². The largest absolute Gasteiger partial charge is 0.465 e. The summed E-state index contributed by atoms with van der Waals surface area (Å²) >= 11 is 1.43.